The standard InChI is InChI=1S/C15H24N2O2/c1-11(2)19-9-5-8-16-15(18)17-14-7-6-12(3)13(4)10-14/h6-7,10-11H,5,8-9H2,1-4H3,(H2,16,17,18). The Bertz CT molecular complexity index is 417. The Morgan fingerprint density at radius 2 is 2.00 bits per heavy atom. The van der Waals surface area contributed by atoms with Gasteiger partial charge in [-0.05, 0) is 57.4 Å². The largest absolute Gasteiger partial charge is 0.379 e. The number of carbonyl (C=O) groups excluding carboxylic acids is 1. The van der Waals surface area contributed by atoms with Crippen LogP contribution in [0.1, 0.15) is 31.4 Å². The van der Waals surface area contributed by atoms with Gasteiger partial charge in [0, 0.05) is 18.8 Å². The summed E-state index contributed by atoms with van der Waals surface area (Å²) in [5.74, 6) is 0. The zero-order chi connectivity index (χ0) is 14.3. The molecular weight excluding hydrogens is 240 g/mol. The lowest BCUT2D eigenvalue weighted by atomic mass is 10.1. The first-order valence-corrected chi connectivity index (χ1v) is 6.72. The first-order chi connectivity index (χ1) is 8.99. The van der Waals surface area contributed by atoms with E-state index in [2.05, 4.69) is 10.6 Å². The molecule has 4 heteroatoms. The molecule has 2 N–H and O–H groups in total. The fraction of sp³-hybridized carbons (Fsp3) is 0.533. The zero-order valence-electron chi connectivity index (χ0n) is 12.2. The number of urea groups is 1. The van der Waals surface area contributed by atoms with Gasteiger partial charge in [0.2, 0.25) is 0 Å². The van der Waals surface area contributed by atoms with Crippen molar-refractivity contribution in [2.45, 2.75) is 40.2 Å². The van der Waals surface area contributed by atoms with Gasteiger partial charge < -0.3 is 15.4 Å². The SMILES string of the molecule is Cc1ccc(NC(=O)NCCCOC(C)C)cc1C. The van der Waals surface area contributed by atoms with Crippen LogP contribution in [0.4, 0.5) is 10.5 Å². The number of ether oxygens (including phenoxy) is 1. The van der Waals surface area contributed by atoms with E-state index in [1.54, 1.807) is 0 Å². The van der Waals surface area contributed by atoms with E-state index in [1.807, 2.05) is 45.9 Å². The lowest BCUT2D eigenvalue weighted by Crippen LogP contribution is -2.30. The van der Waals surface area contributed by atoms with Crippen molar-refractivity contribution in [2.24, 2.45) is 0 Å². The molecule has 0 saturated heterocycles. The first-order valence-electron chi connectivity index (χ1n) is 6.72. The molecule has 0 aromatic heterocycles. The Morgan fingerprint density at radius 1 is 1.26 bits per heavy atom. The number of hydrogen-bond donors (Lipinski definition) is 2. The van der Waals surface area contributed by atoms with E-state index < -0.39 is 0 Å². The van der Waals surface area contributed by atoms with Crippen LogP contribution in [-0.2, 0) is 4.74 Å². The van der Waals surface area contributed by atoms with Crippen molar-refractivity contribution in [2.75, 3.05) is 18.5 Å². The van der Waals surface area contributed by atoms with Crippen LogP contribution in [0.3, 0.4) is 0 Å². The number of anilines is 1. The highest BCUT2D eigenvalue weighted by Gasteiger charge is 2.02. The van der Waals surface area contributed by atoms with Crippen molar-refractivity contribution in [3.05, 3.63) is 29.3 Å². The predicted molar refractivity (Wildman–Crippen MR) is 78.6 cm³/mol. The van der Waals surface area contributed by atoms with Crippen molar-refractivity contribution in [3.8, 4) is 0 Å². The molecular formula is C15H24N2O2. The van der Waals surface area contributed by atoms with Crippen molar-refractivity contribution >= 4 is 11.7 Å². The fourth-order valence-corrected chi connectivity index (χ4v) is 1.59. The summed E-state index contributed by atoms with van der Waals surface area (Å²) in [5, 5.41) is 5.63. The van der Waals surface area contributed by atoms with E-state index in [4.69, 9.17) is 4.74 Å². The van der Waals surface area contributed by atoms with Crippen LogP contribution in [0.25, 0.3) is 0 Å². The summed E-state index contributed by atoms with van der Waals surface area (Å²) in [6.07, 6.45) is 1.06. The van der Waals surface area contributed by atoms with Crippen LogP contribution in [0.5, 0.6) is 0 Å². The quantitative estimate of drug-likeness (QED) is 0.775. The third kappa shape index (κ3) is 6.25. The van der Waals surface area contributed by atoms with Crippen molar-refractivity contribution < 1.29 is 9.53 Å². The third-order valence-corrected chi connectivity index (χ3v) is 2.82. The minimum Gasteiger partial charge on any atom is -0.379 e. The zero-order valence-corrected chi connectivity index (χ0v) is 12.2. The minimum atomic E-state index is -0.173. The molecule has 0 aliphatic rings. The van der Waals surface area contributed by atoms with Crippen molar-refractivity contribution in [1.82, 2.24) is 5.32 Å². The molecule has 0 bridgehead atoms. The van der Waals surface area contributed by atoms with Gasteiger partial charge in [0.05, 0.1) is 6.10 Å². The van der Waals surface area contributed by atoms with Gasteiger partial charge in [-0.1, -0.05) is 6.07 Å². The van der Waals surface area contributed by atoms with Gasteiger partial charge in [0.25, 0.3) is 0 Å². The second kappa shape index (κ2) is 7.79. The van der Waals surface area contributed by atoms with Gasteiger partial charge in [-0.3, -0.25) is 0 Å². The average Bonchev–Trinajstić information content (AvgIpc) is 2.33. The Kier molecular flexibility index (Phi) is 6.36. The van der Waals surface area contributed by atoms with Gasteiger partial charge in [-0.25, -0.2) is 4.79 Å². The summed E-state index contributed by atoms with van der Waals surface area (Å²) < 4.78 is 5.40. The Labute approximate surface area is 115 Å². The van der Waals surface area contributed by atoms with Gasteiger partial charge >= 0.3 is 6.03 Å². The minimum absolute atomic E-state index is 0.173. The van der Waals surface area contributed by atoms with E-state index >= 15 is 0 Å². The normalized spacial score (nSPS) is 10.6. The van der Waals surface area contributed by atoms with Gasteiger partial charge in [0.15, 0.2) is 0 Å². The lowest BCUT2D eigenvalue weighted by molar-refractivity contribution is 0.0775. The fourth-order valence-electron chi connectivity index (χ4n) is 1.59. The van der Waals surface area contributed by atoms with Gasteiger partial charge in [0.1, 0.15) is 0 Å². The van der Waals surface area contributed by atoms with Crippen molar-refractivity contribution in [3.63, 3.8) is 0 Å². The number of hydrogen-bond acceptors (Lipinski definition) is 2. The summed E-state index contributed by atoms with van der Waals surface area (Å²) >= 11 is 0. The monoisotopic (exact) mass is 264 g/mol. The van der Waals surface area contributed by atoms with Crippen LogP contribution in [0.2, 0.25) is 0 Å². The molecule has 0 spiro atoms. The summed E-state index contributed by atoms with van der Waals surface area (Å²) in [4.78, 5) is 11.6. The number of carbonyl (C=O) groups is 1. The van der Waals surface area contributed by atoms with Crippen LogP contribution < -0.4 is 10.6 Å². The van der Waals surface area contributed by atoms with Crippen molar-refractivity contribution in [1.29, 1.82) is 0 Å². The van der Waals surface area contributed by atoms with Crippen LogP contribution >= 0.6 is 0 Å². The first kappa shape index (κ1) is 15.5. The highest BCUT2D eigenvalue weighted by molar-refractivity contribution is 5.89. The number of amides is 2. The molecule has 0 radical (unpaired) electrons. The second-order valence-corrected chi connectivity index (χ2v) is 4.95. The molecule has 1 rings (SSSR count). The molecule has 106 valence electrons. The summed E-state index contributed by atoms with van der Waals surface area (Å²) in [5.41, 5.74) is 3.21. The molecule has 0 fully saturated rings. The molecule has 2 amide bonds. The maximum atomic E-state index is 11.6. The molecule has 19 heavy (non-hydrogen) atoms. The summed E-state index contributed by atoms with van der Waals surface area (Å²) in [7, 11) is 0. The Balaban J connectivity index is 2.25. The van der Waals surface area contributed by atoms with Crippen LogP contribution in [0, 0.1) is 13.8 Å². The molecule has 0 saturated carbocycles. The van der Waals surface area contributed by atoms with E-state index in [9.17, 15) is 4.79 Å². The maximum Gasteiger partial charge on any atom is 0.319 e. The Morgan fingerprint density at radius 3 is 2.63 bits per heavy atom. The highest BCUT2D eigenvalue weighted by Crippen LogP contribution is 2.13. The van der Waals surface area contributed by atoms with Gasteiger partial charge in [-0.2, -0.15) is 0 Å². The molecule has 1 aromatic rings. The van der Waals surface area contributed by atoms with Crippen LogP contribution in [-0.4, -0.2) is 25.3 Å². The molecule has 0 heterocycles. The molecule has 4 nitrogen and oxygen atoms in total. The number of rotatable bonds is 6. The number of nitrogens with one attached hydrogen (secondary N) is 2. The topological polar surface area (TPSA) is 50.4 Å². The Hall–Kier alpha value is -1.55. The molecule has 0 atom stereocenters. The highest BCUT2D eigenvalue weighted by atomic mass is 16.5. The van der Waals surface area contributed by atoms with Gasteiger partial charge in [-0.15, -0.1) is 0 Å². The molecule has 0 aliphatic carbocycles. The second-order valence-electron chi connectivity index (χ2n) is 4.95. The summed E-state index contributed by atoms with van der Waals surface area (Å²) in [6.45, 7) is 9.36. The third-order valence-electron chi connectivity index (χ3n) is 2.82. The van der Waals surface area contributed by atoms with E-state index in [1.165, 1.54) is 11.1 Å². The predicted octanol–water partition coefficient (Wildman–Crippen LogP) is 3.24. The van der Waals surface area contributed by atoms with Crippen LogP contribution in [0.15, 0.2) is 18.2 Å². The van der Waals surface area contributed by atoms with E-state index in [-0.39, 0.29) is 12.1 Å². The molecule has 0 aliphatic heterocycles. The number of aryl methyl sites for hydroxylation is 2. The molecule has 1 aromatic carbocycles. The smallest absolute Gasteiger partial charge is 0.319 e. The maximum absolute atomic E-state index is 11.6. The number of benzene rings is 1. The summed E-state index contributed by atoms with van der Waals surface area (Å²) in [6, 6.07) is 5.70. The van der Waals surface area contributed by atoms with E-state index in [0.717, 1.165) is 12.1 Å². The molecule has 0 unspecified atom stereocenters. The van der Waals surface area contributed by atoms with E-state index in [0.29, 0.717) is 13.2 Å². The average molecular weight is 264 g/mol. The lowest BCUT2D eigenvalue weighted by Gasteiger charge is -2.10.